The predicted octanol–water partition coefficient (Wildman–Crippen LogP) is 3.68. The number of benzene rings is 2. The molecule has 1 heterocycles. The molecule has 1 saturated carbocycles. The molecule has 2 amide bonds. The van der Waals surface area contributed by atoms with Gasteiger partial charge in [0, 0.05) is 6.54 Å². The van der Waals surface area contributed by atoms with Crippen LogP contribution in [-0.2, 0) is 12.1 Å². The Morgan fingerprint density at radius 3 is 2.56 bits per heavy atom. The van der Waals surface area contributed by atoms with Crippen LogP contribution < -0.4 is 20.1 Å². The van der Waals surface area contributed by atoms with Crippen LogP contribution in [0.5, 0.6) is 11.5 Å². The lowest BCUT2D eigenvalue weighted by atomic mass is 9.88. The van der Waals surface area contributed by atoms with Crippen molar-refractivity contribution in [2.24, 2.45) is 0 Å². The molecule has 0 aromatic heterocycles. The molecule has 0 radical (unpaired) electrons. The molecule has 130 valence electrons. The fourth-order valence-corrected chi connectivity index (χ4v) is 3.72. The van der Waals surface area contributed by atoms with Crippen LogP contribution in [0.2, 0.25) is 0 Å². The molecule has 2 aromatic carbocycles. The fourth-order valence-electron chi connectivity index (χ4n) is 3.72. The van der Waals surface area contributed by atoms with Gasteiger partial charge in [0.2, 0.25) is 6.79 Å². The number of fused-ring (bicyclic) bond motifs is 1. The number of ether oxygens (including phenoxy) is 2. The molecular weight excluding hydrogens is 316 g/mol. The summed E-state index contributed by atoms with van der Waals surface area (Å²) in [5.41, 5.74) is 1.92. The molecule has 1 aliphatic carbocycles. The maximum Gasteiger partial charge on any atom is 0.315 e. The summed E-state index contributed by atoms with van der Waals surface area (Å²) in [6, 6.07) is 15.9. The van der Waals surface area contributed by atoms with Crippen molar-refractivity contribution in [1.82, 2.24) is 10.6 Å². The van der Waals surface area contributed by atoms with E-state index in [0.717, 1.165) is 42.7 Å². The number of urea groups is 1. The second-order valence-electron chi connectivity index (χ2n) is 6.65. The van der Waals surface area contributed by atoms with Crippen molar-refractivity contribution < 1.29 is 14.3 Å². The van der Waals surface area contributed by atoms with E-state index in [4.69, 9.17) is 9.47 Å². The zero-order valence-electron chi connectivity index (χ0n) is 14.1. The fraction of sp³-hybridized carbons (Fsp3) is 0.350. The highest BCUT2D eigenvalue weighted by Gasteiger charge is 2.36. The summed E-state index contributed by atoms with van der Waals surface area (Å²) in [6.07, 6.45) is 4.23. The molecule has 1 fully saturated rings. The Balaban J connectivity index is 1.41. The van der Waals surface area contributed by atoms with Crippen LogP contribution in [0.4, 0.5) is 4.79 Å². The highest BCUT2D eigenvalue weighted by atomic mass is 16.7. The topological polar surface area (TPSA) is 59.6 Å². The molecule has 2 aromatic rings. The van der Waals surface area contributed by atoms with Gasteiger partial charge in [0.25, 0.3) is 0 Å². The number of hydrogen-bond acceptors (Lipinski definition) is 3. The van der Waals surface area contributed by atoms with Gasteiger partial charge in [-0.15, -0.1) is 0 Å². The average molecular weight is 338 g/mol. The number of carbonyl (C=O) groups excluding carboxylic acids is 1. The van der Waals surface area contributed by atoms with E-state index < -0.39 is 0 Å². The predicted molar refractivity (Wildman–Crippen MR) is 94.5 cm³/mol. The normalized spacial score (nSPS) is 17.3. The van der Waals surface area contributed by atoms with Crippen LogP contribution in [-0.4, -0.2) is 12.8 Å². The van der Waals surface area contributed by atoms with E-state index in [1.54, 1.807) is 0 Å². The Labute approximate surface area is 147 Å². The van der Waals surface area contributed by atoms with Crippen molar-refractivity contribution in [1.29, 1.82) is 0 Å². The summed E-state index contributed by atoms with van der Waals surface area (Å²) >= 11 is 0. The van der Waals surface area contributed by atoms with Gasteiger partial charge in [-0.3, -0.25) is 0 Å². The highest BCUT2D eigenvalue weighted by Crippen LogP contribution is 2.38. The zero-order chi connectivity index (χ0) is 17.1. The minimum absolute atomic E-state index is 0.136. The first-order valence-electron chi connectivity index (χ1n) is 8.75. The first kappa shape index (κ1) is 15.8. The van der Waals surface area contributed by atoms with Crippen molar-refractivity contribution in [2.75, 3.05) is 6.79 Å². The molecule has 0 atom stereocenters. The molecule has 5 nitrogen and oxygen atoms in total. The third-order valence-electron chi connectivity index (χ3n) is 5.03. The van der Waals surface area contributed by atoms with Crippen LogP contribution in [0.15, 0.2) is 48.5 Å². The van der Waals surface area contributed by atoms with E-state index in [9.17, 15) is 4.79 Å². The third-order valence-corrected chi connectivity index (χ3v) is 5.03. The van der Waals surface area contributed by atoms with Gasteiger partial charge in [-0.1, -0.05) is 49.2 Å². The van der Waals surface area contributed by atoms with E-state index in [0.29, 0.717) is 6.54 Å². The number of carbonyl (C=O) groups is 1. The number of amides is 2. The second kappa shape index (κ2) is 6.67. The molecule has 5 heteroatoms. The largest absolute Gasteiger partial charge is 0.454 e. The summed E-state index contributed by atoms with van der Waals surface area (Å²) in [6.45, 7) is 0.708. The molecule has 0 spiro atoms. The molecular formula is C20H22N2O3. The molecule has 25 heavy (non-hydrogen) atoms. The van der Waals surface area contributed by atoms with Crippen molar-refractivity contribution >= 4 is 6.03 Å². The lowest BCUT2D eigenvalue weighted by Gasteiger charge is -2.31. The minimum atomic E-state index is -0.250. The van der Waals surface area contributed by atoms with Gasteiger partial charge < -0.3 is 20.1 Å². The van der Waals surface area contributed by atoms with Gasteiger partial charge in [0.1, 0.15) is 0 Å². The Morgan fingerprint density at radius 1 is 1.00 bits per heavy atom. The van der Waals surface area contributed by atoms with Gasteiger partial charge in [0.15, 0.2) is 11.5 Å². The molecule has 0 unspecified atom stereocenters. The van der Waals surface area contributed by atoms with E-state index in [2.05, 4.69) is 22.8 Å². The molecule has 0 bridgehead atoms. The first-order valence-corrected chi connectivity index (χ1v) is 8.75. The standard InChI is InChI=1S/C20H22N2O3/c23-19(21-13-15-8-9-17-18(12-15)25-14-24-17)22-20(10-4-5-11-20)16-6-2-1-3-7-16/h1-3,6-9,12H,4-5,10-11,13-14H2,(H2,21,22,23). The monoisotopic (exact) mass is 338 g/mol. The summed E-state index contributed by atoms with van der Waals surface area (Å²) in [5, 5.41) is 6.19. The van der Waals surface area contributed by atoms with Crippen LogP contribution in [0.1, 0.15) is 36.8 Å². The van der Waals surface area contributed by atoms with Crippen molar-refractivity contribution in [3.05, 3.63) is 59.7 Å². The van der Waals surface area contributed by atoms with Crippen molar-refractivity contribution in [3.8, 4) is 11.5 Å². The molecule has 2 N–H and O–H groups in total. The van der Waals surface area contributed by atoms with Gasteiger partial charge in [-0.2, -0.15) is 0 Å². The molecule has 1 aliphatic heterocycles. The van der Waals surface area contributed by atoms with Crippen LogP contribution in [0.3, 0.4) is 0 Å². The quantitative estimate of drug-likeness (QED) is 0.894. The average Bonchev–Trinajstić information content (AvgIpc) is 3.30. The van der Waals surface area contributed by atoms with Crippen molar-refractivity contribution in [2.45, 2.75) is 37.8 Å². The zero-order valence-corrected chi connectivity index (χ0v) is 14.1. The minimum Gasteiger partial charge on any atom is -0.454 e. The smallest absolute Gasteiger partial charge is 0.315 e. The Kier molecular flexibility index (Phi) is 4.22. The van der Waals surface area contributed by atoms with Crippen LogP contribution in [0.25, 0.3) is 0 Å². The SMILES string of the molecule is O=C(NCc1ccc2c(c1)OCO2)NC1(c2ccccc2)CCCC1. The number of hydrogen-bond donors (Lipinski definition) is 2. The second-order valence-corrected chi connectivity index (χ2v) is 6.65. The maximum absolute atomic E-state index is 12.5. The Morgan fingerprint density at radius 2 is 1.76 bits per heavy atom. The Bertz CT molecular complexity index is 755. The maximum atomic E-state index is 12.5. The molecule has 2 aliphatic rings. The van der Waals surface area contributed by atoms with E-state index in [1.807, 2.05) is 36.4 Å². The number of nitrogens with one attached hydrogen (secondary N) is 2. The lowest BCUT2D eigenvalue weighted by Crippen LogP contribution is -2.48. The highest BCUT2D eigenvalue weighted by molar-refractivity contribution is 5.75. The lowest BCUT2D eigenvalue weighted by molar-refractivity contribution is 0.174. The summed E-state index contributed by atoms with van der Waals surface area (Å²) in [7, 11) is 0. The van der Waals surface area contributed by atoms with E-state index in [1.165, 1.54) is 5.56 Å². The van der Waals surface area contributed by atoms with Gasteiger partial charge in [0.05, 0.1) is 5.54 Å². The summed E-state index contributed by atoms with van der Waals surface area (Å²) in [4.78, 5) is 12.5. The first-order chi connectivity index (χ1) is 12.3. The van der Waals surface area contributed by atoms with Gasteiger partial charge in [-0.25, -0.2) is 4.79 Å². The van der Waals surface area contributed by atoms with Gasteiger partial charge >= 0.3 is 6.03 Å². The molecule has 4 rings (SSSR count). The summed E-state index contributed by atoms with van der Waals surface area (Å²) in [5.74, 6) is 1.48. The van der Waals surface area contributed by atoms with Gasteiger partial charge in [-0.05, 0) is 36.1 Å². The van der Waals surface area contributed by atoms with Crippen LogP contribution >= 0.6 is 0 Å². The van der Waals surface area contributed by atoms with E-state index in [-0.39, 0.29) is 18.4 Å². The van der Waals surface area contributed by atoms with Crippen molar-refractivity contribution in [3.63, 3.8) is 0 Å². The Hall–Kier alpha value is -2.69. The molecule has 0 saturated heterocycles. The third kappa shape index (κ3) is 3.27. The summed E-state index contributed by atoms with van der Waals surface area (Å²) < 4.78 is 10.7. The number of rotatable bonds is 4. The van der Waals surface area contributed by atoms with Crippen LogP contribution in [0, 0.1) is 0 Å². The van der Waals surface area contributed by atoms with E-state index >= 15 is 0 Å².